The molecule has 9 N–H and O–H groups in total. The Labute approximate surface area is 202 Å². The van der Waals surface area contributed by atoms with Crippen LogP contribution in [0.15, 0.2) is 24.3 Å². The molecular weight excluding hydrogens is 440 g/mol. The Bertz CT molecular complexity index is 687. The minimum atomic E-state index is -0.955. The molecular formula is C24H42N4O6. The largest absolute Gasteiger partial charge is 0.481 e. The Balaban J connectivity index is 0. The van der Waals surface area contributed by atoms with Crippen LogP contribution in [0.3, 0.4) is 0 Å². The third-order valence-corrected chi connectivity index (χ3v) is 4.49. The van der Waals surface area contributed by atoms with Gasteiger partial charge in [-0.25, -0.2) is 0 Å². The van der Waals surface area contributed by atoms with Crippen molar-refractivity contribution in [2.45, 2.75) is 83.7 Å². The predicted octanol–water partition coefficient (Wildman–Crippen LogP) is 2.74. The molecule has 1 fully saturated rings. The number of hydrogen-bond acceptors (Lipinski definition) is 7. The molecule has 0 radical (unpaired) electrons. The summed E-state index contributed by atoms with van der Waals surface area (Å²) in [5.41, 5.74) is 17.3. The number of nitrogens with one attached hydrogen (secondary N) is 1. The van der Waals surface area contributed by atoms with Gasteiger partial charge in [-0.2, -0.15) is 0 Å². The molecule has 0 spiro atoms. The summed E-state index contributed by atoms with van der Waals surface area (Å²) < 4.78 is 0. The lowest BCUT2D eigenvalue weighted by atomic mass is 9.97. The first-order valence-electron chi connectivity index (χ1n) is 11.6. The number of carbonyl (C=O) groups excluding carboxylic acids is 2. The molecule has 1 aliphatic rings. The molecule has 10 nitrogen and oxygen atoms in total. The second-order valence-corrected chi connectivity index (χ2v) is 7.83. The van der Waals surface area contributed by atoms with Crippen molar-refractivity contribution in [2.75, 3.05) is 11.9 Å². The number of hydrogen-bond donors (Lipinski definition) is 6. The number of carboxylic acid groups (broad SMARTS) is 2. The Morgan fingerprint density at radius 2 is 1.65 bits per heavy atom. The number of amides is 1. The third-order valence-electron chi connectivity index (χ3n) is 4.49. The van der Waals surface area contributed by atoms with Gasteiger partial charge in [-0.05, 0) is 62.9 Å². The van der Waals surface area contributed by atoms with E-state index in [0.717, 1.165) is 25.3 Å². The van der Waals surface area contributed by atoms with Gasteiger partial charge >= 0.3 is 5.97 Å². The summed E-state index contributed by atoms with van der Waals surface area (Å²) in [7, 11) is 0. The van der Waals surface area contributed by atoms with Crippen LogP contribution in [0.2, 0.25) is 0 Å². The summed E-state index contributed by atoms with van der Waals surface area (Å²) in [5.74, 6) is -1.78. The summed E-state index contributed by atoms with van der Waals surface area (Å²) in [6.07, 6.45) is 9.93. The number of carboxylic acids is 2. The van der Waals surface area contributed by atoms with Crippen molar-refractivity contribution in [1.82, 2.24) is 0 Å². The average molecular weight is 483 g/mol. The average Bonchev–Trinajstić information content (AvgIpc) is 2.79. The van der Waals surface area contributed by atoms with Crippen LogP contribution in [0.5, 0.6) is 0 Å². The molecule has 0 aliphatic heterocycles. The molecule has 10 heteroatoms. The molecule has 1 aromatic carbocycles. The highest BCUT2D eigenvalue weighted by molar-refractivity contribution is 5.91. The molecule has 1 aliphatic carbocycles. The van der Waals surface area contributed by atoms with Gasteiger partial charge in [0.05, 0.1) is 0 Å². The van der Waals surface area contributed by atoms with Crippen LogP contribution < -0.4 is 22.5 Å². The van der Waals surface area contributed by atoms with E-state index in [2.05, 4.69) is 5.32 Å². The van der Waals surface area contributed by atoms with E-state index in [4.69, 9.17) is 32.2 Å². The summed E-state index contributed by atoms with van der Waals surface area (Å²) in [6, 6.07) is 6.58. The van der Waals surface area contributed by atoms with Crippen LogP contribution >= 0.6 is 0 Å². The second kappa shape index (κ2) is 22.0. The maximum Gasteiger partial charge on any atom is 0.320 e. The maximum atomic E-state index is 11.2. The molecule has 0 bridgehead atoms. The van der Waals surface area contributed by atoms with Crippen molar-refractivity contribution in [2.24, 2.45) is 17.2 Å². The van der Waals surface area contributed by atoms with Crippen molar-refractivity contribution in [3.63, 3.8) is 0 Å². The van der Waals surface area contributed by atoms with Crippen molar-refractivity contribution in [3.8, 4) is 0 Å². The number of aliphatic carboxylic acids is 2. The first-order chi connectivity index (χ1) is 16.1. The van der Waals surface area contributed by atoms with Crippen LogP contribution in [0.25, 0.3) is 0 Å². The molecule has 194 valence electrons. The van der Waals surface area contributed by atoms with Gasteiger partial charge in [-0.3, -0.25) is 19.2 Å². The minimum absolute atomic E-state index is 0.00588. The molecule has 2 rings (SSSR count). The number of carbonyl (C=O) groups is 4. The summed E-state index contributed by atoms with van der Waals surface area (Å²) in [4.78, 5) is 40.6. The van der Waals surface area contributed by atoms with Gasteiger partial charge in [0.2, 0.25) is 5.91 Å². The van der Waals surface area contributed by atoms with Crippen LogP contribution in [-0.4, -0.2) is 53.0 Å². The zero-order valence-corrected chi connectivity index (χ0v) is 20.4. The fraction of sp³-hybridized carbons (Fsp3) is 0.583. The van der Waals surface area contributed by atoms with Gasteiger partial charge in [0.15, 0.2) is 0 Å². The predicted molar refractivity (Wildman–Crippen MR) is 134 cm³/mol. The molecule has 0 aromatic heterocycles. The van der Waals surface area contributed by atoms with Gasteiger partial charge in [0.1, 0.15) is 12.3 Å². The Morgan fingerprint density at radius 1 is 1.12 bits per heavy atom. The van der Waals surface area contributed by atoms with E-state index in [9.17, 15) is 14.4 Å². The molecule has 1 atom stereocenters. The Morgan fingerprint density at radius 3 is 2.00 bits per heavy atom. The molecule has 0 unspecified atom stereocenters. The molecule has 1 aromatic rings. The zero-order chi connectivity index (χ0) is 26.4. The number of rotatable bonds is 8. The van der Waals surface area contributed by atoms with Crippen LogP contribution in [-0.2, 0) is 14.4 Å². The summed E-state index contributed by atoms with van der Waals surface area (Å²) in [6.45, 7) is 3.54. The lowest BCUT2D eigenvalue weighted by Gasteiger charge is -2.15. The molecule has 0 saturated heterocycles. The monoisotopic (exact) mass is 482 g/mol. The van der Waals surface area contributed by atoms with Crippen molar-refractivity contribution >= 4 is 29.8 Å². The standard InChI is InChI=1S/C11H13NO2.C6H13N.C5H12N2O2.C2H4O2/c1-2-3-11(14)12-10-6-4-9(8-13)5-7-10;7-6-4-2-1-3-5-6;6-3-1-2-4(7)5(8)9;1-2(3)4/h4-8H,2-3H2,1H3,(H,12,14);6H,1-5,7H2;4H,1-3,6-7H2,(H,8,9);1H3,(H,3,4)/t;;4-;/m..0./s1. The SMILES string of the molecule is CC(=O)O.CCCC(=O)Nc1ccc(C=O)cc1.NC1CCCCC1.NCCC[C@H](N)C(=O)O. The molecule has 1 saturated carbocycles. The Hall–Kier alpha value is -2.82. The van der Waals surface area contributed by atoms with Crippen molar-refractivity contribution < 1.29 is 29.4 Å². The highest BCUT2D eigenvalue weighted by Crippen LogP contribution is 2.14. The van der Waals surface area contributed by atoms with E-state index in [1.807, 2.05) is 6.92 Å². The van der Waals surface area contributed by atoms with E-state index >= 15 is 0 Å². The first kappa shape index (κ1) is 33.4. The second-order valence-electron chi connectivity index (χ2n) is 7.83. The van der Waals surface area contributed by atoms with E-state index in [-0.39, 0.29) is 5.91 Å². The fourth-order valence-corrected chi connectivity index (χ4v) is 2.69. The highest BCUT2D eigenvalue weighted by atomic mass is 16.4. The normalized spacial score (nSPS) is 13.3. The maximum absolute atomic E-state index is 11.2. The number of anilines is 1. The van der Waals surface area contributed by atoms with E-state index < -0.39 is 18.0 Å². The van der Waals surface area contributed by atoms with Gasteiger partial charge in [-0.15, -0.1) is 0 Å². The van der Waals surface area contributed by atoms with Gasteiger partial charge < -0.3 is 32.7 Å². The van der Waals surface area contributed by atoms with Crippen LogP contribution in [0.4, 0.5) is 5.69 Å². The molecule has 1 amide bonds. The number of nitrogens with two attached hydrogens (primary N) is 3. The van der Waals surface area contributed by atoms with Gasteiger partial charge in [0.25, 0.3) is 5.97 Å². The third kappa shape index (κ3) is 22.4. The van der Waals surface area contributed by atoms with E-state index in [1.54, 1.807) is 24.3 Å². The lowest BCUT2D eigenvalue weighted by Crippen LogP contribution is -2.30. The number of benzene rings is 1. The van der Waals surface area contributed by atoms with Crippen LogP contribution in [0.1, 0.15) is 82.0 Å². The van der Waals surface area contributed by atoms with Crippen molar-refractivity contribution in [1.29, 1.82) is 0 Å². The smallest absolute Gasteiger partial charge is 0.320 e. The minimum Gasteiger partial charge on any atom is -0.481 e. The summed E-state index contributed by atoms with van der Waals surface area (Å²) in [5, 5.41) is 18.4. The van der Waals surface area contributed by atoms with Crippen LogP contribution in [0, 0.1) is 0 Å². The van der Waals surface area contributed by atoms with E-state index in [1.165, 1.54) is 32.1 Å². The molecule has 0 heterocycles. The summed E-state index contributed by atoms with van der Waals surface area (Å²) >= 11 is 0. The fourth-order valence-electron chi connectivity index (χ4n) is 2.69. The van der Waals surface area contributed by atoms with Gasteiger partial charge in [-0.1, -0.05) is 26.2 Å². The van der Waals surface area contributed by atoms with Crippen molar-refractivity contribution in [3.05, 3.63) is 29.8 Å². The van der Waals surface area contributed by atoms with Gasteiger partial charge in [0, 0.05) is 30.6 Å². The Kier molecular flexibility index (Phi) is 21.6. The topological polar surface area (TPSA) is 199 Å². The van der Waals surface area contributed by atoms with E-state index in [0.29, 0.717) is 37.4 Å². The highest BCUT2D eigenvalue weighted by Gasteiger charge is 2.09. The first-order valence-corrected chi connectivity index (χ1v) is 11.6. The quantitative estimate of drug-likeness (QED) is 0.301. The lowest BCUT2D eigenvalue weighted by molar-refractivity contribution is -0.138. The zero-order valence-electron chi connectivity index (χ0n) is 20.4. The molecule has 34 heavy (non-hydrogen) atoms. The number of aldehydes is 1.